The van der Waals surface area contributed by atoms with Gasteiger partial charge in [0.25, 0.3) is 0 Å². The molecule has 2 N–H and O–H groups in total. The standard InChI is InChI=1S/C9H21NO2/c1-8(6-11)4-10(3)5-9(2)7-12/h8-9,11-12H,4-7H2,1-3H3. The Kier molecular flexibility index (Phi) is 6.34. The maximum Gasteiger partial charge on any atom is 0.0468 e. The number of aliphatic hydroxyl groups is 2. The van der Waals surface area contributed by atoms with Crippen molar-refractivity contribution < 1.29 is 10.2 Å². The summed E-state index contributed by atoms with van der Waals surface area (Å²) in [4.78, 5) is 2.14. The van der Waals surface area contributed by atoms with Crippen molar-refractivity contribution >= 4 is 0 Å². The second-order valence-electron chi connectivity index (χ2n) is 3.80. The Hall–Kier alpha value is -0.120. The fraction of sp³-hybridized carbons (Fsp3) is 1.00. The zero-order chi connectivity index (χ0) is 9.56. The molecule has 0 aromatic carbocycles. The van der Waals surface area contributed by atoms with Crippen LogP contribution in [0.2, 0.25) is 0 Å². The van der Waals surface area contributed by atoms with Crippen LogP contribution in [0.25, 0.3) is 0 Å². The van der Waals surface area contributed by atoms with Gasteiger partial charge in [-0.3, -0.25) is 0 Å². The minimum absolute atomic E-state index is 0.234. The zero-order valence-corrected chi connectivity index (χ0v) is 8.32. The highest BCUT2D eigenvalue weighted by molar-refractivity contribution is 4.61. The summed E-state index contributed by atoms with van der Waals surface area (Å²) in [6, 6.07) is 0. The van der Waals surface area contributed by atoms with Crippen molar-refractivity contribution in [2.24, 2.45) is 11.8 Å². The Morgan fingerprint density at radius 1 is 1.00 bits per heavy atom. The smallest absolute Gasteiger partial charge is 0.0468 e. The highest BCUT2D eigenvalue weighted by Gasteiger charge is 2.08. The quantitative estimate of drug-likeness (QED) is 0.605. The van der Waals surface area contributed by atoms with Crippen LogP contribution in [0.5, 0.6) is 0 Å². The van der Waals surface area contributed by atoms with Crippen LogP contribution in [-0.4, -0.2) is 48.5 Å². The van der Waals surface area contributed by atoms with Gasteiger partial charge in [0, 0.05) is 26.3 Å². The maximum atomic E-state index is 8.80. The fourth-order valence-corrected chi connectivity index (χ4v) is 1.25. The number of aliphatic hydroxyl groups excluding tert-OH is 2. The SMILES string of the molecule is CC(CO)CN(C)CC(C)CO. The van der Waals surface area contributed by atoms with E-state index in [-0.39, 0.29) is 13.2 Å². The minimum Gasteiger partial charge on any atom is -0.396 e. The van der Waals surface area contributed by atoms with Crippen LogP contribution in [0.15, 0.2) is 0 Å². The fourth-order valence-electron chi connectivity index (χ4n) is 1.25. The van der Waals surface area contributed by atoms with E-state index in [1.54, 1.807) is 0 Å². The summed E-state index contributed by atoms with van der Waals surface area (Å²) in [7, 11) is 2.01. The Morgan fingerprint density at radius 2 is 1.33 bits per heavy atom. The van der Waals surface area contributed by atoms with Crippen molar-refractivity contribution in [3.63, 3.8) is 0 Å². The number of hydrogen-bond donors (Lipinski definition) is 2. The van der Waals surface area contributed by atoms with Gasteiger partial charge in [0.2, 0.25) is 0 Å². The van der Waals surface area contributed by atoms with Crippen LogP contribution in [0.3, 0.4) is 0 Å². The molecule has 3 heteroatoms. The van der Waals surface area contributed by atoms with Gasteiger partial charge < -0.3 is 15.1 Å². The third-order valence-corrected chi connectivity index (χ3v) is 1.87. The zero-order valence-electron chi connectivity index (χ0n) is 8.32. The lowest BCUT2D eigenvalue weighted by Crippen LogP contribution is -2.31. The predicted molar refractivity (Wildman–Crippen MR) is 50.0 cm³/mol. The van der Waals surface area contributed by atoms with E-state index < -0.39 is 0 Å². The van der Waals surface area contributed by atoms with Crippen molar-refractivity contribution in [1.82, 2.24) is 4.90 Å². The largest absolute Gasteiger partial charge is 0.396 e. The van der Waals surface area contributed by atoms with Crippen molar-refractivity contribution in [3.05, 3.63) is 0 Å². The molecule has 0 bridgehead atoms. The van der Waals surface area contributed by atoms with Gasteiger partial charge in [-0.2, -0.15) is 0 Å². The van der Waals surface area contributed by atoms with Crippen LogP contribution >= 0.6 is 0 Å². The second kappa shape index (κ2) is 6.40. The third-order valence-electron chi connectivity index (χ3n) is 1.87. The molecule has 0 amide bonds. The summed E-state index contributed by atoms with van der Waals surface area (Å²) in [5.41, 5.74) is 0. The summed E-state index contributed by atoms with van der Waals surface area (Å²) in [5, 5.41) is 17.6. The van der Waals surface area contributed by atoms with Crippen molar-refractivity contribution in [1.29, 1.82) is 0 Å². The molecule has 0 aromatic rings. The van der Waals surface area contributed by atoms with Crippen LogP contribution in [0.4, 0.5) is 0 Å². The lowest BCUT2D eigenvalue weighted by Gasteiger charge is -2.22. The first-order valence-electron chi connectivity index (χ1n) is 4.50. The van der Waals surface area contributed by atoms with Gasteiger partial charge >= 0.3 is 0 Å². The molecule has 0 aliphatic heterocycles. The van der Waals surface area contributed by atoms with E-state index in [1.807, 2.05) is 20.9 Å². The molecule has 0 saturated carbocycles. The summed E-state index contributed by atoms with van der Waals surface area (Å²) >= 11 is 0. The molecule has 0 spiro atoms. The van der Waals surface area contributed by atoms with Crippen molar-refractivity contribution in [3.8, 4) is 0 Å². The van der Waals surface area contributed by atoms with Crippen LogP contribution in [-0.2, 0) is 0 Å². The topological polar surface area (TPSA) is 43.7 Å². The monoisotopic (exact) mass is 175 g/mol. The molecule has 0 aromatic heterocycles. The van der Waals surface area contributed by atoms with Gasteiger partial charge in [-0.15, -0.1) is 0 Å². The van der Waals surface area contributed by atoms with Gasteiger partial charge in [-0.1, -0.05) is 13.8 Å². The average Bonchev–Trinajstić information content (AvgIpc) is 2.03. The summed E-state index contributed by atoms with van der Waals surface area (Å²) in [6.45, 7) is 6.28. The van der Waals surface area contributed by atoms with E-state index >= 15 is 0 Å². The normalized spacial score (nSPS) is 16.5. The molecule has 3 nitrogen and oxygen atoms in total. The first-order chi connectivity index (χ1) is 5.60. The minimum atomic E-state index is 0.234. The maximum absolute atomic E-state index is 8.80. The Labute approximate surface area is 75.0 Å². The van der Waals surface area contributed by atoms with Crippen molar-refractivity contribution in [2.75, 3.05) is 33.4 Å². The van der Waals surface area contributed by atoms with Crippen LogP contribution in [0.1, 0.15) is 13.8 Å². The molecular weight excluding hydrogens is 154 g/mol. The summed E-state index contributed by atoms with van der Waals surface area (Å²) < 4.78 is 0. The molecule has 0 rings (SSSR count). The van der Waals surface area contributed by atoms with Crippen LogP contribution in [0, 0.1) is 11.8 Å². The number of nitrogens with zero attached hydrogens (tertiary/aromatic N) is 1. The lowest BCUT2D eigenvalue weighted by molar-refractivity contribution is 0.156. The molecule has 0 radical (unpaired) electrons. The molecule has 2 unspecified atom stereocenters. The highest BCUT2D eigenvalue weighted by Crippen LogP contribution is 2.00. The molecular formula is C9H21NO2. The van der Waals surface area contributed by atoms with E-state index in [9.17, 15) is 0 Å². The molecule has 12 heavy (non-hydrogen) atoms. The molecule has 0 fully saturated rings. The number of hydrogen-bond acceptors (Lipinski definition) is 3. The van der Waals surface area contributed by atoms with E-state index in [1.165, 1.54) is 0 Å². The average molecular weight is 175 g/mol. The molecule has 0 aliphatic carbocycles. The van der Waals surface area contributed by atoms with E-state index in [4.69, 9.17) is 10.2 Å². The van der Waals surface area contributed by atoms with Gasteiger partial charge in [0.1, 0.15) is 0 Å². The Balaban J connectivity index is 3.51. The molecule has 74 valence electrons. The Bertz CT molecular complexity index is 96.7. The molecule has 2 atom stereocenters. The summed E-state index contributed by atoms with van der Waals surface area (Å²) in [5.74, 6) is 0.641. The van der Waals surface area contributed by atoms with Gasteiger partial charge in [0.15, 0.2) is 0 Å². The molecule has 0 heterocycles. The Morgan fingerprint density at radius 3 is 1.58 bits per heavy atom. The van der Waals surface area contributed by atoms with E-state index in [0.717, 1.165) is 13.1 Å². The van der Waals surface area contributed by atoms with Crippen molar-refractivity contribution in [2.45, 2.75) is 13.8 Å². The van der Waals surface area contributed by atoms with Gasteiger partial charge in [-0.05, 0) is 18.9 Å². The van der Waals surface area contributed by atoms with Gasteiger partial charge in [-0.25, -0.2) is 0 Å². The number of rotatable bonds is 6. The molecule has 0 aliphatic rings. The van der Waals surface area contributed by atoms with E-state index in [0.29, 0.717) is 11.8 Å². The molecule has 0 saturated heterocycles. The lowest BCUT2D eigenvalue weighted by atomic mass is 10.1. The third kappa shape index (κ3) is 5.52. The summed E-state index contributed by atoms with van der Waals surface area (Å²) in [6.07, 6.45) is 0. The predicted octanol–water partition coefficient (Wildman–Crippen LogP) is 0.175. The highest BCUT2D eigenvalue weighted by atomic mass is 16.3. The van der Waals surface area contributed by atoms with Gasteiger partial charge in [0.05, 0.1) is 0 Å². The first kappa shape index (κ1) is 11.9. The van der Waals surface area contributed by atoms with Crippen LogP contribution < -0.4 is 0 Å². The van der Waals surface area contributed by atoms with E-state index in [2.05, 4.69) is 4.90 Å². The first-order valence-corrected chi connectivity index (χ1v) is 4.50. The second-order valence-corrected chi connectivity index (χ2v) is 3.80.